The van der Waals surface area contributed by atoms with Crippen LogP contribution in [0.1, 0.15) is 40.6 Å². The van der Waals surface area contributed by atoms with Crippen molar-refractivity contribution in [2.24, 2.45) is 0 Å². The van der Waals surface area contributed by atoms with Crippen LogP contribution in [0.3, 0.4) is 0 Å². The van der Waals surface area contributed by atoms with Crippen LogP contribution in [-0.2, 0) is 14.3 Å². The summed E-state index contributed by atoms with van der Waals surface area (Å²) in [6, 6.07) is 7.10. The molecule has 0 unspecified atom stereocenters. The van der Waals surface area contributed by atoms with Crippen LogP contribution in [0.15, 0.2) is 43.0 Å². The van der Waals surface area contributed by atoms with E-state index in [9.17, 15) is 9.59 Å². The number of hydrogen-bond donors (Lipinski definition) is 1. The van der Waals surface area contributed by atoms with Crippen molar-refractivity contribution in [3.63, 3.8) is 0 Å². The maximum atomic E-state index is 11.6. The summed E-state index contributed by atoms with van der Waals surface area (Å²) in [7, 11) is 0. The van der Waals surface area contributed by atoms with Crippen molar-refractivity contribution in [3.8, 4) is 5.75 Å². The van der Waals surface area contributed by atoms with E-state index in [1.54, 1.807) is 12.1 Å². The fourth-order valence-electron chi connectivity index (χ4n) is 1.76. The van der Waals surface area contributed by atoms with Crippen molar-refractivity contribution < 1.29 is 25.2 Å². The average Bonchev–Trinajstić information content (AvgIpc) is 2.68. The first-order valence-corrected chi connectivity index (χ1v) is 9.22. The Hall–Kier alpha value is -2.60. The van der Waals surface area contributed by atoms with Gasteiger partial charge in [0.05, 0.1) is 19.6 Å². The Kier molecular flexibility index (Phi) is 15.2. The molecule has 6 heteroatoms. The molecular formula is C21H33NO5. The Morgan fingerprint density at radius 2 is 1.89 bits per heavy atom. The van der Waals surface area contributed by atoms with Crippen LogP contribution < -0.4 is 10.1 Å². The van der Waals surface area contributed by atoms with Crippen molar-refractivity contribution in [2.75, 3.05) is 26.4 Å². The van der Waals surface area contributed by atoms with Gasteiger partial charge in [-0.1, -0.05) is 51.1 Å². The van der Waals surface area contributed by atoms with Crippen LogP contribution in [0.25, 0.3) is 6.08 Å². The van der Waals surface area contributed by atoms with Gasteiger partial charge in [0.15, 0.2) is 0 Å². The van der Waals surface area contributed by atoms with Gasteiger partial charge in [-0.3, -0.25) is 4.79 Å². The van der Waals surface area contributed by atoms with Gasteiger partial charge in [-0.15, -0.1) is 6.58 Å². The summed E-state index contributed by atoms with van der Waals surface area (Å²) in [5.41, 5.74) is 0.988. The number of carbonyl (C=O) groups is 2. The van der Waals surface area contributed by atoms with Crippen LogP contribution in [0.2, 0.25) is 0 Å². The molecule has 1 amide bonds. The minimum atomic E-state index is -0.601. The lowest BCUT2D eigenvalue weighted by Crippen LogP contribution is -2.30. The predicted molar refractivity (Wildman–Crippen MR) is 110 cm³/mol. The van der Waals surface area contributed by atoms with Gasteiger partial charge in [0.2, 0.25) is 0 Å². The number of benzene rings is 1. The normalized spacial score (nSPS) is 9.89. The number of hydrogen-bond acceptors (Lipinski definition) is 5. The van der Waals surface area contributed by atoms with Gasteiger partial charge in [-0.25, -0.2) is 4.79 Å². The highest BCUT2D eigenvalue weighted by Gasteiger charge is 2.04. The molecule has 6 nitrogen and oxygen atoms in total. The summed E-state index contributed by atoms with van der Waals surface area (Å²) >= 11 is 0. The highest BCUT2D eigenvalue weighted by Crippen LogP contribution is 2.13. The van der Waals surface area contributed by atoms with Gasteiger partial charge in [0, 0.05) is 8.03 Å². The predicted octanol–water partition coefficient (Wildman–Crippen LogP) is 4.61. The lowest BCUT2D eigenvalue weighted by Gasteiger charge is -2.07. The van der Waals surface area contributed by atoms with Gasteiger partial charge in [-0.05, 0) is 24.1 Å². The Bertz CT molecular complexity index is 573. The van der Waals surface area contributed by atoms with E-state index in [0.29, 0.717) is 12.4 Å². The highest BCUT2D eigenvalue weighted by molar-refractivity contribution is 5.71. The monoisotopic (exact) mass is 379 g/mol. The molecule has 1 aromatic rings. The van der Waals surface area contributed by atoms with Crippen molar-refractivity contribution in [2.45, 2.75) is 33.6 Å². The van der Waals surface area contributed by atoms with Crippen LogP contribution in [0.4, 0.5) is 4.79 Å². The largest absolute Gasteiger partial charge is 0.464 e. The summed E-state index contributed by atoms with van der Waals surface area (Å²) in [6.07, 6.45) is 5.88. The minimum Gasteiger partial charge on any atom is -0.464 e. The second kappa shape index (κ2) is 16.8. The van der Waals surface area contributed by atoms with E-state index in [2.05, 4.69) is 18.8 Å². The Morgan fingerprint density at radius 1 is 1.19 bits per heavy atom. The molecule has 0 aromatic heterocycles. The lowest BCUT2D eigenvalue weighted by atomic mass is 10.2. The fourth-order valence-corrected chi connectivity index (χ4v) is 1.76. The molecule has 0 atom stereocenters. The van der Waals surface area contributed by atoms with Gasteiger partial charge in [0.25, 0.3) is 0 Å². The first-order valence-electron chi connectivity index (χ1n) is 9.22. The van der Waals surface area contributed by atoms with Crippen molar-refractivity contribution in [1.29, 1.82) is 0 Å². The molecule has 0 bridgehead atoms. The zero-order chi connectivity index (χ0) is 20.3. The maximum absolute atomic E-state index is 11.6. The van der Waals surface area contributed by atoms with E-state index >= 15 is 0 Å². The number of carbonyl (C=O) groups excluding carboxylic acids is 2. The van der Waals surface area contributed by atoms with Crippen molar-refractivity contribution in [3.05, 3.63) is 48.6 Å². The minimum absolute atomic E-state index is 0. The average molecular weight is 379 g/mol. The third-order valence-electron chi connectivity index (χ3n) is 2.91. The molecule has 0 aliphatic heterocycles. The second-order valence-corrected chi connectivity index (χ2v) is 5.08. The van der Waals surface area contributed by atoms with Gasteiger partial charge < -0.3 is 19.5 Å². The Morgan fingerprint density at radius 3 is 2.52 bits per heavy atom. The fraction of sp³-hybridized carbons (Fsp3) is 0.429. The molecule has 1 N–H and O–H groups in total. The molecule has 0 aliphatic rings. The molecule has 0 saturated carbocycles. The first-order chi connectivity index (χ1) is 13.2. The van der Waals surface area contributed by atoms with E-state index < -0.39 is 6.09 Å². The molecule has 0 heterocycles. The number of nitrogens with one attached hydrogen (secondary N) is 1. The number of ether oxygens (including phenoxy) is 3. The topological polar surface area (TPSA) is 73.9 Å². The number of rotatable bonds is 11. The van der Waals surface area contributed by atoms with Gasteiger partial charge in [0.1, 0.15) is 12.4 Å². The zero-order valence-corrected chi connectivity index (χ0v) is 16.5. The summed E-state index contributed by atoms with van der Waals surface area (Å²) in [5, 5.41) is 2.50. The van der Waals surface area contributed by atoms with Crippen molar-refractivity contribution in [1.82, 2.24) is 5.32 Å². The molecular weight excluding hydrogens is 346 g/mol. The van der Waals surface area contributed by atoms with Gasteiger partial charge in [-0.2, -0.15) is 0 Å². The molecule has 0 spiro atoms. The van der Waals surface area contributed by atoms with Gasteiger partial charge >= 0.3 is 12.1 Å². The van der Waals surface area contributed by atoms with Crippen LogP contribution in [-0.4, -0.2) is 38.4 Å². The Balaban J connectivity index is 0. The second-order valence-electron chi connectivity index (χ2n) is 5.08. The third-order valence-corrected chi connectivity index (χ3v) is 2.91. The van der Waals surface area contributed by atoms with E-state index in [4.69, 9.17) is 14.2 Å². The molecule has 27 heavy (non-hydrogen) atoms. The van der Waals surface area contributed by atoms with E-state index in [1.807, 2.05) is 38.1 Å². The van der Waals surface area contributed by atoms with Crippen LogP contribution in [0.5, 0.6) is 5.75 Å². The molecule has 1 aromatic carbocycles. The zero-order valence-electron chi connectivity index (χ0n) is 16.5. The summed E-state index contributed by atoms with van der Waals surface area (Å²) in [6.45, 7) is 11.1. The van der Waals surface area contributed by atoms with E-state index in [1.165, 1.54) is 6.08 Å². The summed E-state index contributed by atoms with van der Waals surface area (Å²) in [5.74, 6) is 0.0504. The lowest BCUT2D eigenvalue weighted by molar-refractivity contribution is -0.142. The summed E-state index contributed by atoms with van der Waals surface area (Å²) < 4.78 is 15.3. The SMILES string of the molecule is C=CCC(=O)OCCNC(=O)Oc1ccc(/C=C/COCCC)cc1.CC.[HH]. The molecule has 0 aliphatic carbocycles. The standard InChI is InChI=1S/C19H25NO5.C2H6.H2/c1-3-6-18(21)24-15-12-20-19(22)25-17-10-8-16(9-11-17)7-5-14-23-13-4-2;1-2;/h3,5,7-11H,1,4,6,12-15H2,2H3,(H,20,22);1-2H3;1H/b7-5+;;. The summed E-state index contributed by atoms with van der Waals surface area (Å²) in [4.78, 5) is 22.7. The first kappa shape index (κ1) is 24.4. The van der Waals surface area contributed by atoms with E-state index in [0.717, 1.165) is 18.6 Å². The molecule has 0 saturated heterocycles. The van der Waals surface area contributed by atoms with E-state index in [-0.39, 0.29) is 27.0 Å². The Labute approximate surface area is 163 Å². The van der Waals surface area contributed by atoms with Crippen LogP contribution in [0, 0.1) is 0 Å². The highest BCUT2D eigenvalue weighted by atomic mass is 16.6. The smallest absolute Gasteiger partial charge is 0.412 e. The van der Waals surface area contributed by atoms with Crippen molar-refractivity contribution >= 4 is 18.1 Å². The number of esters is 1. The van der Waals surface area contributed by atoms with Crippen LogP contribution >= 0.6 is 0 Å². The molecule has 0 radical (unpaired) electrons. The molecule has 152 valence electrons. The maximum Gasteiger partial charge on any atom is 0.412 e. The molecule has 1 rings (SSSR count). The quantitative estimate of drug-likeness (QED) is 0.345. The molecule has 0 fully saturated rings. The number of amides is 1. The third kappa shape index (κ3) is 13.3.